The van der Waals surface area contributed by atoms with E-state index in [1.165, 1.54) is 30.4 Å². The molecule has 0 radical (unpaired) electrons. The molecule has 1 saturated carbocycles. The standard InChI is InChI=1S/C13H15NO/c1-8-7-13(8)5-4-9-2-3-10(12(14)15)6-11(9)13/h2-3,6,8H,4-5,7H2,1H3,(H2,14,15). The number of nitrogens with two attached hydrogens (primary N) is 1. The van der Waals surface area contributed by atoms with E-state index in [4.69, 9.17) is 5.73 Å². The van der Waals surface area contributed by atoms with E-state index in [1.807, 2.05) is 12.1 Å². The van der Waals surface area contributed by atoms with Crippen molar-refractivity contribution in [2.24, 2.45) is 11.7 Å². The molecule has 1 aromatic rings. The molecule has 2 aliphatic carbocycles. The first-order valence-corrected chi connectivity index (χ1v) is 5.57. The zero-order valence-electron chi connectivity index (χ0n) is 8.92. The Morgan fingerprint density at radius 1 is 1.53 bits per heavy atom. The van der Waals surface area contributed by atoms with Crippen molar-refractivity contribution in [3.63, 3.8) is 0 Å². The summed E-state index contributed by atoms with van der Waals surface area (Å²) in [6.45, 7) is 2.30. The van der Waals surface area contributed by atoms with Crippen molar-refractivity contribution in [2.45, 2.75) is 31.6 Å². The van der Waals surface area contributed by atoms with E-state index in [1.54, 1.807) is 0 Å². The van der Waals surface area contributed by atoms with E-state index < -0.39 is 0 Å². The Bertz CT molecular complexity index is 452. The summed E-state index contributed by atoms with van der Waals surface area (Å²) in [6, 6.07) is 5.95. The van der Waals surface area contributed by atoms with E-state index in [2.05, 4.69) is 13.0 Å². The first-order valence-electron chi connectivity index (χ1n) is 5.57. The average Bonchev–Trinajstić information content (AvgIpc) is 2.70. The Morgan fingerprint density at radius 3 is 2.87 bits per heavy atom. The third-order valence-electron chi connectivity index (χ3n) is 4.22. The molecule has 0 saturated heterocycles. The summed E-state index contributed by atoms with van der Waals surface area (Å²) in [5.74, 6) is 0.468. The summed E-state index contributed by atoms with van der Waals surface area (Å²) in [5, 5.41) is 0. The quantitative estimate of drug-likeness (QED) is 0.742. The van der Waals surface area contributed by atoms with Crippen LogP contribution in [-0.4, -0.2) is 5.91 Å². The molecule has 2 unspecified atom stereocenters. The van der Waals surface area contributed by atoms with Crippen molar-refractivity contribution in [2.75, 3.05) is 0 Å². The fourth-order valence-electron chi connectivity index (χ4n) is 3.11. The SMILES string of the molecule is CC1CC12CCc1ccc(C(N)=O)cc12. The van der Waals surface area contributed by atoms with Crippen LogP contribution in [0.3, 0.4) is 0 Å². The Kier molecular flexibility index (Phi) is 1.57. The van der Waals surface area contributed by atoms with Crippen molar-refractivity contribution in [1.82, 2.24) is 0 Å². The normalized spacial score (nSPS) is 31.7. The second-order valence-electron chi connectivity index (χ2n) is 5.00. The van der Waals surface area contributed by atoms with Gasteiger partial charge in [-0.05, 0) is 53.9 Å². The number of aryl methyl sites for hydroxylation is 1. The van der Waals surface area contributed by atoms with Crippen LogP contribution in [0.4, 0.5) is 0 Å². The van der Waals surface area contributed by atoms with Crippen molar-refractivity contribution < 1.29 is 4.79 Å². The van der Waals surface area contributed by atoms with Crippen LogP contribution >= 0.6 is 0 Å². The molecule has 1 spiro atoms. The molecule has 2 atom stereocenters. The highest BCUT2D eigenvalue weighted by Crippen LogP contribution is 2.61. The number of hydrogen-bond acceptors (Lipinski definition) is 1. The Morgan fingerprint density at radius 2 is 2.27 bits per heavy atom. The van der Waals surface area contributed by atoms with Gasteiger partial charge in [0.25, 0.3) is 0 Å². The highest BCUT2D eigenvalue weighted by atomic mass is 16.1. The van der Waals surface area contributed by atoms with Crippen molar-refractivity contribution >= 4 is 5.91 Å². The maximum atomic E-state index is 11.1. The van der Waals surface area contributed by atoms with Gasteiger partial charge in [0.1, 0.15) is 0 Å². The number of rotatable bonds is 1. The molecule has 0 heterocycles. The summed E-state index contributed by atoms with van der Waals surface area (Å²) in [7, 11) is 0. The number of hydrogen-bond donors (Lipinski definition) is 1. The molecule has 2 heteroatoms. The molecule has 2 nitrogen and oxygen atoms in total. The smallest absolute Gasteiger partial charge is 0.248 e. The van der Waals surface area contributed by atoms with Crippen LogP contribution in [0, 0.1) is 5.92 Å². The van der Waals surface area contributed by atoms with Crippen LogP contribution in [0.25, 0.3) is 0 Å². The maximum Gasteiger partial charge on any atom is 0.248 e. The van der Waals surface area contributed by atoms with E-state index in [9.17, 15) is 4.79 Å². The van der Waals surface area contributed by atoms with Crippen molar-refractivity contribution in [3.8, 4) is 0 Å². The average molecular weight is 201 g/mol. The molecule has 1 fully saturated rings. The number of fused-ring (bicyclic) bond motifs is 2. The van der Waals surface area contributed by atoms with Gasteiger partial charge in [-0.1, -0.05) is 13.0 Å². The second kappa shape index (κ2) is 2.63. The molecule has 1 aromatic carbocycles. The minimum absolute atomic E-state index is 0.312. The number of amides is 1. The number of carbonyl (C=O) groups excluding carboxylic acids is 1. The van der Waals surface area contributed by atoms with E-state index >= 15 is 0 Å². The maximum absolute atomic E-state index is 11.1. The summed E-state index contributed by atoms with van der Waals surface area (Å²) < 4.78 is 0. The summed E-state index contributed by atoms with van der Waals surface area (Å²) in [5.41, 5.74) is 9.19. The summed E-state index contributed by atoms with van der Waals surface area (Å²) >= 11 is 0. The molecule has 3 rings (SSSR count). The molecular weight excluding hydrogens is 186 g/mol. The van der Waals surface area contributed by atoms with Gasteiger partial charge in [0, 0.05) is 5.56 Å². The molecule has 15 heavy (non-hydrogen) atoms. The van der Waals surface area contributed by atoms with Gasteiger partial charge in [-0.15, -0.1) is 0 Å². The fourth-order valence-corrected chi connectivity index (χ4v) is 3.11. The third-order valence-corrected chi connectivity index (χ3v) is 4.22. The molecule has 1 amide bonds. The lowest BCUT2D eigenvalue weighted by atomic mass is 9.94. The lowest BCUT2D eigenvalue weighted by Crippen LogP contribution is -2.12. The zero-order valence-corrected chi connectivity index (χ0v) is 8.92. The predicted molar refractivity (Wildman–Crippen MR) is 58.7 cm³/mol. The minimum Gasteiger partial charge on any atom is -0.366 e. The third kappa shape index (κ3) is 1.08. The van der Waals surface area contributed by atoms with Crippen LogP contribution in [0.2, 0.25) is 0 Å². The van der Waals surface area contributed by atoms with Gasteiger partial charge >= 0.3 is 0 Å². The van der Waals surface area contributed by atoms with Crippen molar-refractivity contribution in [3.05, 3.63) is 34.9 Å². The van der Waals surface area contributed by atoms with Gasteiger partial charge in [-0.2, -0.15) is 0 Å². The lowest BCUT2D eigenvalue weighted by Gasteiger charge is -2.10. The predicted octanol–water partition coefficient (Wildman–Crippen LogP) is 2.01. The van der Waals surface area contributed by atoms with Gasteiger partial charge in [-0.25, -0.2) is 0 Å². The van der Waals surface area contributed by atoms with Crippen LogP contribution in [-0.2, 0) is 11.8 Å². The number of carbonyl (C=O) groups is 1. The molecule has 0 bridgehead atoms. The Hall–Kier alpha value is -1.31. The number of primary amides is 1. The van der Waals surface area contributed by atoms with Gasteiger partial charge < -0.3 is 5.73 Å². The molecule has 0 aliphatic heterocycles. The molecule has 0 aromatic heterocycles. The van der Waals surface area contributed by atoms with E-state index in [-0.39, 0.29) is 5.91 Å². The second-order valence-corrected chi connectivity index (χ2v) is 5.00. The highest BCUT2D eigenvalue weighted by Gasteiger charge is 2.55. The minimum atomic E-state index is -0.312. The van der Waals surface area contributed by atoms with E-state index in [0.717, 1.165) is 5.92 Å². The largest absolute Gasteiger partial charge is 0.366 e. The Labute approximate surface area is 89.5 Å². The van der Waals surface area contributed by atoms with Crippen molar-refractivity contribution in [1.29, 1.82) is 0 Å². The van der Waals surface area contributed by atoms with Gasteiger partial charge in [0.2, 0.25) is 5.91 Å². The molecule has 2 aliphatic rings. The van der Waals surface area contributed by atoms with E-state index in [0.29, 0.717) is 11.0 Å². The summed E-state index contributed by atoms with van der Waals surface area (Å²) in [4.78, 5) is 11.1. The Balaban J connectivity index is 2.11. The van der Waals surface area contributed by atoms with Crippen LogP contribution < -0.4 is 5.73 Å². The van der Waals surface area contributed by atoms with Crippen LogP contribution in [0.1, 0.15) is 41.3 Å². The molecule has 78 valence electrons. The lowest BCUT2D eigenvalue weighted by molar-refractivity contribution is 0.1000. The summed E-state index contributed by atoms with van der Waals surface area (Å²) in [6.07, 6.45) is 3.70. The van der Waals surface area contributed by atoms with Gasteiger partial charge in [0.15, 0.2) is 0 Å². The molecule has 2 N–H and O–H groups in total. The first kappa shape index (κ1) is 8.96. The molecular formula is C13H15NO. The zero-order chi connectivity index (χ0) is 10.6. The first-order chi connectivity index (χ1) is 7.13. The number of benzene rings is 1. The highest BCUT2D eigenvalue weighted by molar-refractivity contribution is 5.93. The van der Waals surface area contributed by atoms with Crippen LogP contribution in [0.5, 0.6) is 0 Å². The fraction of sp³-hybridized carbons (Fsp3) is 0.462. The topological polar surface area (TPSA) is 43.1 Å². The van der Waals surface area contributed by atoms with Crippen LogP contribution in [0.15, 0.2) is 18.2 Å². The van der Waals surface area contributed by atoms with Gasteiger partial charge in [-0.3, -0.25) is 4.79 Å². The monoisotopic (exact) mass is 201 g/mol. The van der Waals surface area contributed by atoms with Gasteiger partial charge in [0.05, 0.1) is 0 Å².